The smallest absolute Gasteiger partial charge is 0.132 e. The summed E-state index contributed by atoms with van der Waals surface area (Å²) in [5.74, 6) is 2.12. The van der Waals surface area contributed by atoms with Crippen molar-refractivity contribution in [3.8, 4) is 22.8 Å². The minimum absolute atomic E-state index is 0.612. The molecule has 1 aromatic carbocycles. The number of hydrogen-bond donors (Lipinski definition) is 1. The zero-order chi connectivity index (χ0) is 13.3. The second kappa shape index (κ2) is 4.60. The van der Waals surface area contributed by atoms with Crippen molar-refractivity contribution in [3.63, 3.8) is 0 Å². The van der Waals surface area contributed by atoms with Crippen molar-refractivity contribution in [1.82, 2.24) is 9.78 Å². The van der Waals surface area contributed by atoms with Crippen LogP contribution in [0.2, 0.25) is 0 Å². The molecule has 5 nitrogen and oxygen atoms in total. The van der Waals surface area contributed by atoms with Crippen LogP contribution in [-0.4, -0.2) is 24.0 Å². The van der Waals surface area contributed by atoms with Crippen molar-refractivity contribution in [2.45, 2.75) is 6.92 Å². The number of rotatable bonds is 3. The van der Waals surface area contributed by atoms with Gasteiger partial charge < -0.3 is 15.2 Å². The highest BCUT2D eigenvalue weighted by atomic mass is 16.5. The molecule has 0 spiro atoms. The Balaban J connectivity index is 2.59. The van der Waals surface area contributed by atoms with Gasteiger partial charge in [-0.25, -0.2) is 0 Å². The largest absolute Gasteiger partial charge is 0.496 e. The first-order valence-electron chi connectivity index (χ1n) is 5.59. The lowest BCUT2D eigenvalue weighted by atomic mass is 10.1. The second-order valence-electron chi connectivity index (χ2n) is 4.10. The summed E-state index contributed by atoms with van der Waals surface area (Å²) in [5, 5.41) is 4.36. The summed E-state index contributed by atoms with van der Waals surface area (Å²) in [6, 6.07) is 5.67. The van der Waals surface area contributed by atoms with E-state index in [9.17, 15) is 0 Å². The molecule has 0 unspecified atom stereocenters. The molecule has 0 radical (unpaired) electrons. The van der Waals surface area contributed by atoms with E-state index in [1.54, 1.807) is 18.9 Å². The first kappa shape index (κ1) is 12.3. The van der Waals surface area contributed by atoms with Crippen molar-refractivity contribution in [2.75, 3.05) is 20.0 Å². The Kier molecular flexibility index (Phi) is 3.14. The minimum Gasteiger partial charge on any atom is -0.496 e. The molecular formula is C13H17N3O2. The maximum absolute atomic E-state index is 5.80. The van der Waals surface area contributed by atoms with Crippen LogP contribution in [0.4, 0.5) is 5.82 Å². The van der Waals surface area contributed by atoms with E-state index in [-0.39, 0.29) is 0 Å². The molecule has 18 heavy (non-hydrogen) atoms. The van der Waals surface area contributed by atoms with Gasteiger partial charge in [-0.05, 0) is 18.6 Å². The Labute approximate surface area is 106 Å². The Bertz CT molecular complexity index is 556. The predicted octanol–water partition coefficient (Wildman–Crippen LogP) is 1.99. The standard InChI is InChI=1S/C13H17N3O2/c1-8-5-9(10-6-13(14)16(2)15-10)12(18-4)7-11(8)17-3/h5-7H,14H2,1-4H3. The molecular weight excluding hydrogens is 230 g/mol. The maximum Gasteiger partial charge on any atom is 0.132 e. The van der Waals surface area contributed by atoms with E-state index >= 15 is 0 Å². The second-order valence-corrected chi connectivity index (χ2v) is 4.10. The number of ether oxygens (including phenoxy) is 2. The summed E-state index contributed by atoms with van der Waals surface area (Å²) in [6.07, 6.45) is 0. The van der Waals surface area contributed by atoms with Crippen molar-refractivity contribution in [2.24, 2.45) is 7.05 Å². The Morgan fingerprint density at radius 2 is 1.78 bits per heavy atom. The van der Waals surface area contributed by atoms with Crippen LogP contribution in [-0.2, 0) is 7.05 Å². The summed E-state index contributed by atoms with van der Waals surface area (Å²) >= 11 is 0. The van der Waals surface area contributed by atoms with Crippen LogP contribution in [0.5, 0.6) is 11.5 Å². The van der Waals surface area contributed by atoms with Crippen LogP contribution in [0.25, 0.3) is 11.3 Å². The maximum atomic E-state index is 5.80. The van der Waals surface area contributed by atoms with E-state index in [2.05, 4.69) is 5.10 Å². The van der Waals surface area contributed by atoms with Gasteiger partial charge in [0.1, 0.15) is 17.3 Å². The normalized spacial score (nSPS) is 10.4. The van der Waals surface area contributed by atoms with E-state index in [1.807, 2.05) is 32.2 Å². The summed E-state index contributed by atoms with van der Waals surface area (Å²) in [5.41, 5.74) is 8.52. The fourth-order valence-electron chi connectivity index (χ4n) is 1.87. The topological polar surface area (TPSA) is 62.3 Å². The lowest BCUT2D eigenvalue weighted by molar-refractivity contribution is 0.393. The van der Waals surface area contributed by atoms with Gasteiger partial charge in [-0.1, -0.05) is 0 Å². The molecule has 0 aliphatic carbocycles. The van der Waals surface area contributed by atoms with Crippen LogP contribution in [0.1, 0.15) is 5.56 Å². The lowest BCUT2D eigenvalue weighted by Gasteiger charge is -2.11. The van der Waals surface area contributed by atoms with Crippen LogP contribution in [0.3, 0.4) is 0 Å². The number of aryl methyl sites for hydroxylation is 2. The van der Waals surface area contributed by atoms with Gasteiger partial charge >= 0.3 is 0 Å². The molecule has 0 saturated heterocycles. The average Bonchev–Trinajstić information content (AvgIpc) is 2.69. The number of nitrogens with two attached hydrogens (primary N) is 1. The number of nitrogens with zero attached hydrogens (tertiary/aromatic N) is 2. The van der Waals surface area contributed by atoms with Gasteiger partial charge in [-0.3, -0.25) is 4.68 Å². The van der Waals surface area contributed by atoms with Crippen LogP contribution >= 0.6 is 0 Å². The van der Waals surface area contributed by atoms with Gasteiger partial charge in [-0.15, -0.1) is 0 Å². The number of nitrogen functional groups attached to an aromatic ring is 1. The predicted molar refractivity (Wildman–Crippen MR) is 70.9 cm³/mol. The summed E-state index contributed by atoms with van der Waals surface area (Å²) in [4.78, 5) is 0. The molecule has 1 heterocycles. The van der Waals surface area contributed by atoms with Gasteiger partial charge in [0.25, 0.3) is 0 Å². The van der Waals surface area contributed by atoms with Crippen LogP contribution < -0.4 is 15.2 Å². The lowest BCUT2D eigenvalue weighted by Crippen LogP contribution is -1.97. The Hall–Kier alpha value is -2.17. The van der Waals surface area contributed by atoms with E-state index < -0.39 is 0 Å². The van der Waals surface area contributed by atoms with Gasteiger partial charge in [0.15, 0.2) is 0 Å². The zero-order valence-corrected chi connectivity index (χ0v) is 11.0. The molecule has 2 rings (SSSR count). The van der Waals surface area contributed by atoms with Gasteiger partial charge in [-0.2, -0.15) is 5.10 Å². The highest BCUT2D eigenvalue weighted by Gasteiger charge is 2.13. The zero-order valence-electron chi connectivity index (χ0n) is 11.0. The molecule has 96 valence electrons. The Morgan fingerprint density at radius 3 is 2.28 bits per heavy atom. The average molecular weight is 247 g/mol. The molecule has 0 saturated carbocycles. The van der Waals surface area contributed by atoms with E-state index in [1.165, 1.54) is 0 Å². The first-order chi connectivity index (χ1) is 8.56. The number of anilines is 1. The number of hydrogen-bond acceptors (Lipinski definition) is 4. The molecule has 1 aromatic heterocycles. The highest BCUT2D eigenvalue weighted by molar-refractivity contribution is 5.71. The van der Waals surface area contributed by atoms with E-state index in [4.69, 9.17) is 15.2 Å². The van der Waals surface area contributed by atoms with Gasteiger partial charge in [0.05, 0.1) is 19.9 Å². The van der Waals surface area contributed by atoms with Crippen molar-refractivity contribution >= 4 is 5.82 Å². The van der Waals surface area contributed by atoms with Crippen LogP contribution in [0.15, 0.2) is 18.2 Å². The third-order valence-corrected chi connectivity index (χ3v) is 2.91. The molecule has 0 fully saturated rings. The third kappa shape index (κ3) is 1.99. The van der Waals surface area contributed by atoms with Crippen molar-refractivity contribution < 1.29 is 9.47 Å². The molecule has 0 amide bonds. The summed E-state index contributed by atoms with van der Waals surface area (Å²) in [7, 11) is 5.07. The Morgan fingerprint density at radius 1 is 1.11 bits per heavy atom. The van der Waals surface area contributed by atoms with Crippen molar-refractivity contribution in [3.05, 3.63) is 23.8 Å². The fraction of sp³-hybridized carbons (Fsp3) is 0.308. The fourth-order valence-corrected chi connectivity index (χ4v) is 1.87. The number of benzene rings is 1. The molecule has 2 N–H and O–H groups in total. The molecule has 0 aliphatic heterocycles. The molecule has 0 bridgehead atoms. The van der Waals surface area contributed by atoms with Crippen molar-refractivity contribution in [1.29, 1.82) is 0 Å². The summed E-state index contributed by atoms with van der Waals surface area (Å²) < 4.78 is 12.3. The summed E-state index contributed by atoms with van der Waals surface area (Å²) in [6.45, 7) is 1.98. The molecule has 5 heteroatoms. The monoisotopic (exact) mass is 247 g/mol. The van der Waals surface area contributed by atoms with Gasteiger partial charge in [0.2, 0.25) is 0 Å². The third-order valence-electron chi connectivity index (χ3n) is 2.91. The van der Waals surface area contributed by atoms with E-state index in [0.717, 1.165) is 28.3 Å². The van der Waals surface area contributed by atoms with E-state index in [0.29, 0.717) is 5.82 Å². The number of methoxy groups -OCH3 is 2. The number of aromatic nitrogens is 2. The first-order valence-corrected chi connectivity index (χ1v) is 5.59. The molecule has 0 aliphatic rings. The molecule has 2 aromatic rings. The minimum atomic E-state index is 0.612. The quantitative estimate of drug-likeness (QED) is 0.901. The van der Waals surface area contributed by atoms with Gasteiger partial charge in [0, 0.05) is 24.7 Å². The molecule has 0 atom stereocenters. The SMILES string of the molecule is COc1cc(OC)c(-c2cc(N)n(C)n2)cc1C. The van der Waals surface area contributed by atoms with Crippen LogP contribution in [0, 0.1) is 6.92 Å². The highest BCUT2D eigenvalue weighted by Crippen LogP contribution is 2.35.